The van der Waals surface area contributed by atoms with Crippen LogP contribution in [0.1, 0.15) is 12.5 Å². The summed E-state index contributed by atoms with van der Waals surface area (Å²) < 4.78 is 10.3. The van der Waals surface area contributed by atoms with Crippen LogP contribution in [0.15, 0.2) is 12.3 Å². The minimum atomic E-state index is 0.507. The molecule has 0 unspecified atom stereocenters. The molecule has 0 bridgehead atoms. The van der Waals surface area contributed by atoms with Crippen molar-refractivity contribution in [2.24, 2.45) is 0 Å². The van der Waals surface area contributed by atoms with E-state index in [2.05, 4.69) is 11.2 Å². The van der Waals surface area contributed by atoms with Gasteiger partial charge in [-0.2, -0.15) is 0 Å². The van der Waals surface area contributed by atoms with Crippen LogP contribution >= 0.6 is 0 Å². The van der Waals surface area contributed by atoms with Crippen LogP contribution in [0.25, 0.3) is 0 Å². The van der Waals surface area contributed by atoms with Gasteiger partial charge in [0.05, 0.1) is 19.9 Å². The Kier molecular flexibility index (Phi) is 3.54. The Morgan fingerprint density at radius 1 is 1.58 bits per heavy atom. The number of nitrogens with zero attached hydrogens (tertiary/aromatic N) is 1. The van der Waals surface area contributed by atoms with Crippen LogP contribution < -0.4 is 4.74 Å². The summed E-state index contributed by atoms with van der Waals surface area (Å²) in [5.74, 6) is 0.776. The molecule has 0 aliphatic rings. The molecule has 1 aromatic rings. The van der Waals surface area contributed by atoms with E-state index in [0.29, 0.717) is 13.2 Å². The van der Waals surface area contributed by atoms with Crippen molar-refractivity contribution in [3.05, 3.63) is 24.0 Å². The quantitative estimate of drug-likeness (QED) is 0.678. The van der Waals surface area contributed by atoms with Crippen molar-refractivity contribution >= 4 is 0 Å². The molecule has 0 fully saturated rings. The zero-order valence-electron chi connectivity index (χ0n) is 7.33. The average Bonchev–Trinajstić information content (AvgIpc) is 2.15. The number of aromatic nitrogens is 1. The zero-order valence-corrected chi connectivity index (χ0v) is 7.33. The van der Waals surface area contributed by atoms with E-state index in [0.717, 1.165) is 11.3 Å². The molecule has 65 valence electrons. The largest absolute Gasteiger partial charge is 0.496 e. The van der Waals surface area contributed by atoms with E-state index in [1.165, 1.54) is 0 Å². The standard InChI is InChI=1S/C9H12NO2/c1-3-12-7-8-6-10-5-4-9(8)11-2/h4-5H,3,7H2,1-2H3. The molecule has 0 saturated heterocycles. The normalized spacial score (nSPS) is 9.83. The fraction of sp³-hybridized carbons (Fsp3) is 0.444. The minimum absolute atomic E-state index is 0.507. The molecular formula is C9H12NO2. The summed E-state index contributed by atoms with van der Waals surface area (Å²) in [6, 6.07) is 1.80. The van der Waals surface area contributed by atoms with E-state index >= 15 is 0 Å². The predicted octanol–water partition coefficient (Wildman–Crippen LogP) is 1.43. The molecule has 0 amide bonds. The van der Waals surface area contributed by atoms with E-state index in [1.807, 2.05) is 6.92 Å². The van der Waals surface area contributed by atoms with Crippen LogP contribution in [0.5, 0.6) is 5.75 Å². The third-order valence-electron chi connectivity index (χ3n) is 1.47. The van der Waals surface area contributed by atoms with Crippen LogP contribution in [0.4, 0.5) is 0 Å². The van der Waals surface area contributed by atoms with Crippen LogP contribution in [0.2, 0.25) is 0 Å². The lowest BCUT2D eigenvalue weighted by atomic mass is 10.3. The fourth-order valence-electron chi connectivity index (χ4n) is 0.875. The average molecular weight is 166 g/mol. The van der Waals surface area contributed by atoms with Crippen LogP contribution in [0.3, 0.4) is 0 Å². The van der Waals surface area contributed by atoms with Gasteiger partial charge in [0, 0.05) is 18.4 Å². The van der Waals surface area contributed by atoms with Crippen molar-refractivity contribution in [2.75, 3.05) is 13.7 Å². The Balaban J connectivity index is 2.68. The van der Waals surface area contributed by atoms with E-state index in [1.54, 1.807) is 19.4 Å². The van der Waals surface area contributed by atoms with E-state index in [9.17, 15) is 0 Å². The molecule has 1 heterocycles. The first kappa shape index (κ1) is 9.00. The second-order valence-corrected chi connectivity index (χ2v) is 2.24. The number of pyridine rings is 1. The molecule has 0 N–H and O–H groups in total. The summed E-state index contributed by atoms with van der Waals surface area (Å²) >= 11 is 0. The topological polar surface area (TPSA) is 31.4 Å². The molecule has 1 radical (unpaired) electrons. The molecule has 0 aromatic carbocycles. The SMILES string of the molecule is CCOCc1[c]nccc1OC. The summed E-state index contributed by atoms with van der Waals surface area (Å²) in [4.78, 5) is 3.86. The van der Waals surface area contributed by atoms with Gasteiger partial charge in [-0.3, -0.25) is 4.98 Å². The van der Waals surface area contributed by atoms with E-state index in [-0.39, 0.29) is 0 Å². The Labute approximate surface area is 72.3 Å². The van der Waals surface area contributed by atoms with Gasteiger partial charge in [0.25, 0.3) is 0 Å². The third-order valence-corrected chi connectivity index (χ3v) is 1.47. The molecule has 1 rings (SSSR count). The molecule has 3 heteroatoms. The highest BCUT2D eigenvalue weighted by Crippen LogP contribution is 2.15. The Morgan fingerprint density at radius 2 is 2.42 bits per heavy atom. The van der Waals surface area contributed by atoms with Crippen LogP contribution in [-0.4, -0.2) is 18.7 Å². The molecule has 0 aliphatic heterocycles. The van der Waals surface area contributed by atoms with Gasteiger partial charge in [-0.25, -0.2) is 0 Å². The number of methoxy groups -OCH3 is 1. The Morgan fingerprint density at radius 3 is 3.08 bits per heavy atom. The number of hydrogen-bond donors (Lipinski definition) is 0. The lowest BCUT2D eigenvalue weighted by Gasteiger charge is -2.05. The van der Waals surface area contributed by atoms with Gasteiger partial charge < -0.3 is 9.47 Å². The molecule has 0 aliphatic carbocycles. The third kappa shape index (κ3) is 2.20. The van der Waals surface area contributed by atoms with Gasteiger partial charge in [-0.15, -0.1) is 0 Å². The maximum atomic E-state index is 5.21. The highest BCUT2D eigenvalue weighted by atomic mass is 16.5. The highest BCUT2D eigenvalue weighted by molar-refractivity contribution is 5.28. The fourth-order valence-corrected chi connectivity index (χ4v) is 0.875. The lowest BCUT2D eigenvalue weighted by Crippen LogP contribution is -1.96. The Hall–Kier alpha value is -1.09. The molecule has 12 heavy (non-hydrogen) atoms. The summed E-state index contributed by atoms with van der Waals surface area (Å²) in [7, 11) is 1.62. The number of hydrogen-bond acceptors (Lipinski definition) is 3. The van der Waals surface area contributed by atoms with Crippen molar-refractivity contribution < 1.29 is 9.47 Å². The number of rotatable bonds is 4. The molecule has 0 atom stereocenters. The van der Waals surface area contributed by atoms with Gasteiger partial charge in [0.15, 0.2) is 0 Å². The second kappa shape index (κ2) is 4.72. The molecule has 3 nitrogen and oxygen atoms in total. The minimum Gasteiger partial charge on any atom is -0.496 e. The summed E-state index contributed by atoms with van der Waals surface area (Å²) in [6.07, 6.45) is 4.47. The van der Waals surface area contributed by atoms with Gasteiger partial charge >= 0.3 is 0 Å². The molecular weight excluding hydrogens is 154 g/mol. The maximum Gasteiger partial charge on any atom is 0.128 e. The first-order chi connectivity index (χ1) is 5.88. The number of ether oxygens (including phenoxy) is 2. The molecule has 0 saturated carbocycles. The van der Waals surface area contributed by atoms with Crippen molar-refractivity contribution in [3.63, 3.8) is 0 Å². The van der Waals surface area contributed by atoms with Gasteiger partial charge in [0.1, 0.15) is 5.75 Å². The second-order valence-electron chi connectivity index (χ2n) is 2.24. The predicted molar refractivity (Wildman–Crippen MR) is 45.0 cm³/mol. The van der Waals surface area contributed by atoms with Gasteiger partial charge in [0.2, 0.25) is 0 Å². The first-order valence-corrected chi connectivity index (χ1v) is 3.85. The highest BCUT2D eigenvalue weighted by Gasteiger charge is 2.01. The van der Waals surface area contributed by atoms with Gasteiger partial charge in [-0.05, 0) is 13.0 Å². The van der Waals surface area contributed by atoms with Crippen molar-refractivity contribution in [1.29, 1.82) is 0 Å². The van der Waals surface area contributed by atoms with E-state index in [4.69, 9.17) is 9.47 Å². The van der Waals surface area contributed by atoms with Gasteiger partial charge in [-0.1, -0.05) is 0 Å². The Bertz CT molecular complexity index is 238. The van der Waals surface area contributed by atoms with Crippen LogP contribution in [0, 0.1) is 6.20 Å². The lowest BCUT2D eigenvalue weighted by molar-refractivity contribution is 0.131. The summed E-state index contributed by atoms with van der Waals surface area (Å²) in [6.45, 7) is 3.14. The molecule has 1 aromatic heterocycles. The van der Waals surface area contributed by atoms with E-state index < -0.39 is 0 Å². The van der Waals surface area contributed by atoms with Crippen LogP contribution in [-0.2, 0) is 11.3 Å². The summed E-state index contributed by atoms with van der Waals surface area (Å²) in [5, 5.41) is 0. The van der Waals surface area contributed by atoms with Crippen molar-refractivity contribution in [1.82, 2.24) is 4.98 Å². The smallest absolute Gasteiger partial charge is 0.128 e. The first-order valence-electron chi connectivity index (χ1n) is 3.85. The maximum absolute atomic E-state index is 5.21. The van der Waals surface area contributed by atoms with Crippen molar-refractivity contribution in [3.8, 4) is 5.75 Å². The zero-order chi connectivity index (χ0) is 8.81. The van der Waals surface area contributed by atoms with Crippen molar-refractivity contribution in [2.45, 2.75) is 13.5 Å². The summed E-state index contributed by atoms with van der Waals surface area (Å²) in [5.41, 5.74) is 0.863. The molecule has 0 spiro atoms. The monoisotopic (exact) mass is 166 g/mol.